The molecule has 0 aliphatic carbocycles. The molecule has 2 rings (SSSR count). The van der Waals surface area contributed by atoms with Crippen molar-refractivity contribution in [1.82, 2.24) is 4.98 Å². The van der Waals surface area contributed by atoms with Gasteiger partial charge in [0.1, 0.15) is 5.82 Å². The number of nitrogens with zero attached hydrogens (tertiary/aromatic N) is 1. The van der Waals surface area contributed by atoms with Gasteiger partial charge in [-0.25, -0.2) is 9.37 Å². The number of carbonyl (C=O) groups is 1. The Labute approximate surface area is 85.5 Å². The van der Waals surface area contributed by atoms with E-state index in [1.807, 2.05) is 0 Å². The molecule has 0 aliphatic heterocycles. The van der Waals surface area contributed by atoms with Crippen molar-refractivity contribution in [3.05, 3.63) is 35.6 Å². The average Bonchev–Trinajstić information content (AvgIpc) is 2.28. The van der Waals surface area contributed by atoms with Gasteiger partial charge in [-0.05, 0) is 18.2 Å². The van der Waals surface area contributed by atoms with Crippen molar-refractivity contribution < 1.29 is 13.9 Å². The molecule has 2 aromatic rings. The molecule has 4 heteroatoms. The highest BCUT2D eigenvalue weighted by Gasteiger charge is 2.08. The topological polar surface area (TPSA) is 39.2 Å². The molecule has 15 heavy (non-hydrogen) atoms. The molecule has 0 unspecified atom stereocenters. The van der Waals surface area contributed by atoms with Crippen LogP contribution in [0.4, 0.5) is 4.39 Å². The van der Waals surface area contributed by atoms with Crippen LogP contribution in [0, 0.1) is 5.82 Å². The zero-order valence-corrected chi connectivity index (χ0v) is 8.03. The third-order valence-electron chi connectivity index (χ3n) is 2.15. The molecule has 3 nitrogen and oxygen atoms in total. The molecular formula is C11H8FNO2. The van der Waals surface area contributed by atoms with Crippen LogP contribution in [0.5, 0.6) is 5.88 Å². The molecular weight excluding hydrogens is 197 g/mol. The van der Waals surface area contributed by atoms with Gasteiger partial charge in [0, 0.05) is 11.5 Å². The van der Waals surface area contributed by atoms with Crippen LogP contribution < -0.4 is 4.74 Å². The van der Waals surface area contributed by atoms with Crippen LogP contribution in [0.3, 0.4) is 0 Å². The Hall–Kier alpha value is -1.97. The van der Waals surface area contributed by atoms with E-state index in [0.29, 0.717) is 23.1 Å². The minimum atomic E-state index is -0.571. The molecule has 0 fully saturated rings. The fourth-order valence-electron chi connectivity index (χ4n) is 1.39. The second kappa shape index (κ2) is 3.65. The van der Waals surface area contributed by atoms with E-state index in [0.717, 1.165) is 0 Å². The number of ether oxygens (including phenoxy) is 1. The Kier molecular flexibility index (Phi) is 2.33. The number of carbonyl (C=O) groups excluding carboxylic acids is 1. The zero-order valence-electron chi connectivity index (χ0n) is 8.03. The minimum Gasteiger partial charge on any atom is -0.481 e. The summed E-state index contributed by atoms with van der Waals surface area (Å²) >= 11 is 0. The van der Waals surface area contributed by atoms with Gasteiger partial charge in [-0.1, -0.05) is 0 Å². The number of aromatic nitrogens is 1. The Morgan fingerprint density at radius 2 is 2.07 bits per heavy atom. The van der Waals surface area contributed by atoms with Crippen molar-refractivity contribution in [3.8, 4) is 5.88 Å². The highest BCUT2D eigenvalue weighted by atomic mass is 19.1. The molecule has 0 saturated heterocycles. The van der Waals surface area contributed by atoms with E-state index in [9.17, 15) is 9.18 Å². The first-order valence-electron chi connectivity index (χ1n) is 4.34. The van der Waals surface area contributed by atoms with Gasteiger partial charge in [-0.2, -0.15) is 0 Å². The Morgan fingerprint density at radius 1 is 1.33 bits per heavy atom. The minimum absolute atomic E-state index is 0.0357. The summed E-state index contributed by atoms with van der Waals surface area (Å²) in [6.45, 7) is 0. The first-order valence-corrected chi connectivity index (χ1v) is 4.34. The highest BCUT2D eigenvalue weighted by Crippen LogP contribution is 2.21. The van der Waals surface area contributed by atoms with Crippen LogP contribution in [-0.2, 0) is 0 Å². The fraction of sp³-hybridized carbons (Fsp3) is 0.0909. The number of hydrogen-bond acceptors (Lipinski definition) is 3. The van der Waals surface area contributed by atoms with Crippen molar-refractivity contribution >= 4 is 17.2 Å². The van der Waals surface area contributed by atoms with E-state index in [4.69, 9.17) is 4.74 Å². The number of pyridine rings is 1. The van der Waals surface area contributed by atoms with E-state index >= 15 is 0 Å². The third-order valence-corrected chi connectivity index (χ3v) is 2.15. The lowest BCUT2D eigenvalue weighted by atomic mass is 10.1. The summed E-state index contributed by atoms with van der Waals surface area (Å²) in [6, 6.07) is 6.22. The number of benzene rings is 1. The van der Waals surface area contributed by atoms with Crippen LogP contribution in [0.1, 0.15) is 10.4 Å². The highest BCUT2D eigenvalue weighted by molar-refractivity contribution is 5.95. The molecule has 0 spiro atoms. The molecule has 0 N–H and O–H groups in total. The number of halogens is 1. The van der Waals surface area contributed by atoms with E-state index in [-0.39, 0.29) is 5.56 Å². The van der Waals surface area contributed by atoms with Crippen molar-refractivity contribution in [2.75, 3.05) is 7.11 Å². The summed E-state index contributed by atoms with van der Waals surface area (Å²) in [6.07, 6.45) is 0.462. The van der Waals surface area contributed by atoms with Crippen LogP contribution in [0.2, 0.25) is 0 Å². The van der Waals surface area contributed by atoms with E-state index in [2.05, 4.69) is 4.98 Å². The van der Waals surface area contributed by atoms with Crippen molar-refractivity contribution in [1.29, 1.82) is 0 Å². The first kappa shape index (κ1) is 9.58. The molecule has 0 aliphatic rings. The Bertz CT molecular complexity index is 525. The summed E-state index contributed by atoms with van der Waals surface area (Å²) in [5.74, 6) is -0.213. The maximum Gasteiger partial charge on any atom is 0.213 e. The smallest absolute Gasteiger partial charge is 0.213 e. The predicted molar refractivity (Wildman–Crippen MR) is 53.6 cm³/mol. The molecule has 1 heterocycles. The van der Waals surface area contributed by atoms with Crippen molar-refractivity contribution in [3.63, 3.8) is 0 Å². The summed E-state index contributed by atoms with van der Waals surface area (Å²) in [4.78, 5) is 14.8. The number of hydrogen-bond donors (Lipinski definition) is 0. The first-order chi connectivity index (χ1) is 7.26. The standard InChI is InChI=1S/C11H8FNO2/c1-15-10-5-3-7-2-4-9(12)8(6-14)11(7)13-10/h2-6H,1H3. The lowest BCUT2D eigenvalue weighted by molar-refractivity contribution is 0.112. The summed E-state index contributed by atoms with van der Waals surface area (Å²) in [5, 5.41) is 0.708. The maximum absolute atomic E-state index is 13.2. The van der Waals surface area contributed by atoms with Gasteiger partial charge in [0.25, 0.3) is 0 Å². The summed E-state index contributed by atoms with van der Waals surface area (Å²) in [7, 11) is 1.47. The molecule has 0 amide bonds. The number of methoxy groups -OCH3 is 1. The zero-order chi connectivity index (χ0) is 10.8. The molecule has 76 valence electrons. The van der Waals surface area contributed by atoms with Gasteiger partial charge in [0.15, 0.2) is 6.29 Å². The second-order valence-corrected chi connectivity index (χ2v) is 3.00. The second-order valence-electron chi connectivity index (χ2n) is 3.00. The maximum atomic E-state index is 13.2. The van der Waals surface area contributed by atoms with E-state index < -0.39 is 5.82 Å². The largest absolute Gasteiger partial charge is 0.481 e. The van der Waals surface area contributed by atoms with Gasteiger partial charge in [-0.15, -0.1) is 0 Å². The number of fused-ring (bicyclic) bond motifs is 1. The molecule has 0 atom stereocenters. The lowest BCUT2D eigenvalue weighted by Gasteiger charge is -2.03. The summed E-state index contributed by atoms with van der Waals surface area (Å²) < 4.78 is 18.2. The number of aldehydes is 1. The SMILES string of the molecule is COc1ccc2ccc(F)c(C=O)c2n1. The van der Waals surface area contributed by atoms with Crippen molar-refractivity contribution in [2.24, 2.45) is 0 Å². The lowest BCUT2D eigenvalue weighted by Crippen LogP contribution is -1.94. The Morgan fingerprint density at radius 3 is 2.73 bits per heavy atom. The van der Waals surface area contributed by atoms with Gasteiger partial charge in [-0.3, -0.25) is 4.79 Å². The molecule has 0 radical (unpaired) electrons. The summed E-state index contributed by atoms with van der Waals surface area (Å²) in [5.41, 5.74) is 0.288. The van der Waals surface area contributed by atoms with Gasteiger partial charge in [0.05, 0.1) is 18.2 Å². The average molecular weight is 205 g/mol. The molecule has 1 aromatic heterocycles. The van der Waals surface area contributed by atoms with Crippen LogP contribution in [0.25, 0.3) is 10.9 Å². The third kappa shape index (κ3) is 1.54. The van der Waals surface area contributed by atoms with Crippen LogP contribution >= 0.6 is 0 Å². The van der Waals surface area contributed by atoms with Crippen molar-refractivity contribution in [2.45, 2.75) is 0 Å². The van der Waals surface area contributed by atoms with Gasteiger partial charge >= 0.3 is 0 Å². The fourth-order valence-corrected chi connectivity index (χ4v) is 1.39. The van der Waals surface area contributed by atoms with E-state index in [1.165, 1.54) is 13.2 Å². The molecule has 0 saturated carbocycles. The normalized spacial score (nSPS) is 10.3. The van der Waals surface area contributed by atoms with Gasteiger partial charge < -0.3 is 4.74 Å². The monoisotopic (exact) mass is 205 g/mol. The van der Waals surface area contributed by atoms with E-state index in [1.54, 1.807) is 18.2 Å². The number of rotatable bonds is 2. The molecule has 1 aromatic carbocycles. The van der Waals surface area contributed by atoms with Crippen LogP contribution in [-0.4, -0.2) is 18.4 Å². The van der Waals surface area contributed by atoms with Gasteiger partial charge in [0.2, 0.25) is 5.88 Å². The Balaban J connectivity index is 2.81. The molecule has 0 bridgehead atoms. The van der Waals surface area contributed by atoms with Crippen LogP contribution in [0.15, 0.2) is 24.3 Å². The quantitative estimate of drug-likeness (QED) is 0.705. The predicted octanol–water partition coefficient (Wildman–Crippen LogP) is 2.20.